The van der Waals surface area contributed by atoms with E-state index in [1.54, 1.807) is 11.8 Å². The van der Waals surface area contributed by atoms with E-state index in [4.69, 9.17) is 10.5 Å². The monoisotopic (exact) mass is 274 g/mol. The molecule has 1 aromatic carbocycles. The maximum absolute atomic E-state index is 5.60. The summed E-state index contributed by atoms with van der Waals surface area (Å²) in [5.74, 6) is 2.60. The first-order valence-corrected chi connectivity index (χ1v) is 6.74. The highest BCUT2D eigenvalue weighted by molar-refractivity contribution is 5.66. The third-order valence-electron chi connectivity index (χ3n) is 3.69. The van der Waals surface area contributed by atoms with Crippen LogP contribution in [0, 0.1) is 20.8 Å². The van der Waals surface area contributed by atoms with Crippen molar-refractivity contribution in [3.05, 3.63) is 28.6 Å². The Morgan fingerprint density at radius 3 is 2.55 bits per heavy atom. The average Bonchev–Trinajstić information content (AvgIpc) is 2.76. The van der Waals surface area contributed by atoms with Gasteiger partial charge in [0, 0.05) is 19.0 Å². The highest BCUT2D eigenvalue weighted by Gasteiger charge is 2.16. The van der Waals surface area contributed by atoms with Crippen LogP contribution < -0.4 is 10.5 Å². The third kappa shape index (κ3) is 2.41. The van der Waals surface area contributed by atoms with Crippen molar-refractivity contribution < 1.29 is 4.74 Å². The van der Waals surface area contributed by atoms with Gasteiger partial charge in [-0.25, -0.2) is 4.98 Å². The van der Waals surface area contributed by atoms with Gasteiger partial charge in [0.05, 0.1) is 7.11 Å². The van der Waals surface area contributed by atoms with Crippen molar-refractivity contribution >= 4 is 0 Å². The van der Waals surface area contributed by atoms with Gasteiger partial charge in [-0.2, -0.15) is 5.10 Å². The lowest BCUT2D eigenvalue weighted by molar-refractivity contribution is 0.408. The van der Waals surface area contributed by atoms with Gasteiger partial charge in [-0.1, -0.05) is 0 Å². The van der Waals surface area contributed by atoms with E-state index in [1.165, 1.54) is 0 Å². The molecule has 0 atom stereocenters. The van der Waals surface area contributed by atoms with Gasteiger partial charge in [0.2, 0.25) is 0 Å². The second-order valence-electron chi connectivity index (χ2n) is 5.04. The van der Waals surface area contributed by atoms with Crippen molar-refractivity contribution in [2.45, 2.75) is 27.2 Å². The van der Waals surface area contributed by atoms with Crippen molar-refractivity contribution in [3.8, 4) is 17.1 Å². The summed E-state index contributed by atoms with van der Waals surface area (Å²) in [5, 5.41) is 4.51. The Labute approximate surface area is 119 Å². The SMILES string of the molecule is COc1c(C)cc(-c2nc(CCN)n(C)n2)c(C)c1C. The minimum Gasteiger partial charge on any atom is -0.496 e. The molecule has 5 nitrogen and oxygen atoms in total. The number of hydrogen-bond donors (Lipinski definition) is 1. The number of nitrogens with zero attached hydrogens (tertiary/aromatic N) is 3. The highest BCUT2D eigenvalue weighted by Crippen LogP contribution is 2.32. The average molecular weight is 274 g/mol. The second-order valence-corrected chi connectivity index (χ2v) is 5.04. The Bertz CT molecular complexity index is 631. The number of ether oxygens (including phenoxy) is 1. The smallest absolute Gasteiger partial charge is 0.181 e. The standard InChI is InChI=1S/C15H22N4O/c1-9-8-12(10(2)11(3)14(9)20-5)15-17-13(6-7-16)19(4)18-15/h8H,6-7,16H2,1-5H3. The summed E-state index contributed by atoms with van der Waals surface area (Å²) in [4.78, 5) is 4.60. The molecule has 2 aromatic rings. The first kappa shape index (κ1) is 14.5. The molecule has 0 saturated heterocycles. The lowest BCUT2D eigenvalue weighted by Crippen LogP contribution is -2.08. The Balaban J connectivity index is 2.56. The molecule has 0 saturated carbocycles. The lowest BCUT2D eigenvalue weighted by Gasteiger charge is -2.13. The molecule has 0 bridgehead atoms. The van der Waals surface area contributed by atoms with Crippen molar-refractivity contribution in [1.29, 1.82) is 0 Å². The first-order chi connectivity index (χ1) is 9.49. The molecule has 0 aliphatic heterocycles. The molecule has 0 radical (unpaired) electrons. The van der Waals surface area contributed by atoms with E-state index in [1.807, 2.05) is 14.0 Å². The van der Waals surface area contributed by atoms with E-state index in [0.29, 0.717) is 6.54 Å². The van der Waals surface area contributed by atoms with Crippen LogP contribution in [0.2, 0.25) is 0 Å². The van der Waals surface area contributed by atoms with Gasteiger partial charge in [0.25, 0.3) is 0 Å². The number of aryl methyl sites for hydroxylation is 2. The molecular weight excluding hydrogens is 252 g/mol. The van der Waals surface area contributed by atoms with Crippen LogP contribution in [0.25, 0.3) is 11.4 Å². The molecule has 5 heteroatoms. The lowest BCUT2D eigenvalue weighted by atomic mass is 9.98. The number of hydrogen-bond acceptors (Lipinski definition) is 4. The third-order valence-corrected chi connectivity index (χ3v) is 3.69. The number of benzene rings is 1. The van der Waals surface area contributed by atoms with Gasteiger partial charge >= 0.3 is 0 Å². The van der Waals surface area contributed by atoms with Crippen molar-refractivity contribution in [3.63, 3.8) is 0 Å². The Morgan fingerprint density at radius 2 is 1.95 bits per heavy atom. The Morgan fingerprint density at radius 1 is 1.25 bits per heavy atom. The molecule has 0 aliphatic rings. The Kier molecular flexibility index (Phi) is 4.09. The molecular formula is C15H22N4O. The van der Waals surface area contributed by atoms with Gasteiger partial charge in [0.1, 0.15) is 11.6 Å². The molecule has 0 amide bonds. The van der Waals surface area contributed by atoms with Crippen molar-refractivity contribution in [2.75, 3.05) is 13.7 Å². The van der Waals surface area contributed by atoms with E-state index < -0.39 is 0 Å². The van der Waals surface area contributed by atoms with Crippen LogP contribution in [0.4, 0.5) is 0 Å². The van der Waals surface area contributed by atoms with Gasteiger partial charge in [0.15, 0.2) is 5.82 Å². The van der Waals surface area contributed by atoms with E-state index >= 15 is 0 Å². The first-order valence-electron chi connectivity index (χ1n) is 6.74. The summed E-state index contributed by atoms with van der Waals surface area (Å²) >= 11 is 0. The number of aromatic nitrogens is 3. The fraction of sp³-hybridized carbons (Fsp3) is 0.467. The molecule has 0 unspecified atom stereocenters. The van der Waals surface area contributed by atoms with Crippen LogP contribution in [0.5, 0.6) is 5.75 Å². The molecule has 20 heavy (non-hydrogen) atoms. The van der Waals surface area contributed by atoms with Gasteiger partial charge in [-0.3, -0.25) is 4.68 Å². The fourth-order valence-electron chi connectivity index (χ4n) is 2.48. The zero-order valence-electron chi connectivity index (χ0n) is 12.8. The fourth-order valence-corrected chi connectivity index (χ4v) is 2.48. The number of methoxy groups -OCH3 is 1. The molecule has 0 aliphatic carbocycles. The van der Waals surface area contributed by atoms with E-state index in [-0.39, 0.29) is 0 Å². The van der Waals surface area contributed by atoms with Crippen LogP contribution in [0.3, 0.4) is 0 Å². The maximum Gasteiger partial charge on any atom is 0.181 e. The van der Waals surface area contributed by atoms with Gasteiger partial charge in [-0.15, -0.1) is 0 Å². The summed E-state index contributed by atoms with van der Waals surface area (Å²) in [6.45, 7) is 6.75. The summed E-state index contributed by atoms with van der Waals surface area (Å²) in [6, 6.07) is 2.09. The normalized spacial score (nSPS) is 10.9. The number of nitrogens with two attached hydrogens (primary N) is 1. The largest absolute Gasteiger partial charge is 0.496 e. The van der Waals surface area contributed by atoms with E-state index in [9.17, 15) is 0 Å². The minimum atomic E-state index is 0.575. The van der Waals surface area contributed by atoms with Crippen LogP contribution in [-0.4, -0.2) is 28.4 Å². The predicted octanol–water partition coefficient (Wildman–Crippen LogP) is 1.92. The predicted molar refractivity (Wildman–Crippen MR) is 80.0 cm³/mol. The molecule has 0 spiro atoms. The topological polar surface area (TPSA) is 66.0 Å². The van der Waals surface area contributed by atoms with Crippen LogP contribution in [-0.2, 0) is 13.5 Å². The summed E-state index contributed by atoms with van der Waals surface area (Å²) < 4.78 is 7.25. The molecule has 108 valence electrons. The van der Waals surface area contributed by atoms with Crippen LogP contribution in [0.1, 0.15) is 22.5 Å². The second kappa shape index (κ2) is 5.63. The van der Waals surface area contributed by atoms with Crippen LogP contribution >= 0.6 is 0 Å². The quantitative estimate of drug-likeness (QED) is 0.925. The highest BCUT2D eigenvalue weighted by atomic mass is 16.5. The molecule has 0 fully saturated rings. The minimum absolute atomic E-state index is 0.575. The van der Waals surface area contributed by atoms with Crippen molar-refractivity contribution in [2.24, 2.45) is 12.8 Å². The molecule has 2 rings (SSSR count). The van der Waals surface area contributed by atoms with E-state index in [0.717, 1.165) is 46.1 Å². The molecule has 1 aromatic heterocycles. The zero-order valence-corrected chi connectivity index (χ0v) is 12.8. The number of rotatable bonds is 4. The molecule has 1 heterocycles. The summed E-state index contributed by atoms with van der Waals surface area (Å²) in [7, 11) is 3.60. The zero-order chi connectivity index (χ0) is 14.9. The Hall–Kier alpha value is -1.88. The van der Waals surface area contributed by atoms with Gasteiger partial charge in [-0.05, 0) is 50.1 Å². The van der Waals surface area contributed by atoms with Crippen LogP contribution in [0.15, 0.2) is 6.07 Å². The summed E-state index contributed by atoms with van der Waals surface area (Å²) in [5.41, 5.74) is 10.0. The van der Waals surface area contributed by atoms with Gasteiger partial charge < -0.3 is 10.5 Å². The maximum atomic E-state index is 5.60. The van der Waals surface area contributed by atoms with E-state index in [2.05, 4.69) is 30.0 Å². The van der Waals surface area contributed by atoms with Crippen molar-refractivity contribution in [1.82, 2.24) is 14.8 Å². The molecule has 2 N–H and O–H groups in total. The summed E-state index contributed by atoms with van der Waals surface area (Å²) in [6.07, 6.45) is 0.733.